The second kappa shape index (κ2) is 5.34. The molecule has 2 heterocycles. The summed E-state index contributed by atoms with van der Waals surface area (Å²) in [4.78, 5) is 2.46. The third-order valence-corrected chi connectivity index (χ3v) is 4.05. The van der Waals surface area contributed by atoms with Crippen molar-refractivity contribution < 1.29 is 9.47 Å². The SMILES string of the molecule is CCN1CCC(C2(C)OCC(CC#N)O2)CC1. The van der Waals surface area contributed by atoms with Gasteiger partial charge in [0.15, 0.2) is 5.79 Å². The van der Waals surface area contributed by atoms with Crippen molar-refractivity contribution >= 4 is 0 Å². The number of piperidine rings is 1. The monoisotopic (exact) mass is 238 g/mol. The third-order valence-electron chi connectivity index (χ3n) is 4.05. The van der Waals surface area contributed by atoms with E-state index in [1.807, 2.05) is 6.92 Å². The predicted molar refractivity (Wildman–Crippen MR) is 64.3 cm³/mol. The van der Waals surface area contributed by atoms with Gasteiger partial charge in [0.05, 0.1) is 25.2 Å². The van der Waals surface area contributed by atoms with Crippen LogP contribution in [0.2, 0.25) is 0 Å². The Balaban J connectivity index is 1.88. The van der Waals surface area contributed by atoms with E-state index in [0.29, 0.717) is 18.9 Å². The molecule has 0 aliphatic carbocycles. The first-order valence-corrected chi connectivity index (χ1v) is 6.59. The maximum Gasteiger partial charge on any atom is 0.169 e. The van der Waals surface area contributed by atoms with E-state index in [2.05, 4.69) is 17.9 Å². The molecule has 96 valence electrons. The van der Waals surface area contributed by atoms with Crippen LogP contribution in [0.5, 0.6) is 0 Å². The molecular weight excluding hydrogens is 216 g/mol. The summed E-state index contributed by atoms with van der Waals surface area (Å²) >= 11 is 0. The minimum absolute atomic E-state index is 0.0331. The minimum atomic E-state index is -0.457. The lowest BCUT2D eigenvalue weighted by atomic mass is 9.89. The van der Waals surface area contributed by atoms with Crippen LogP contribution in [0.1, 0.15) is 33.1 Å². The molecule has 0 spiro atoms. The van der Waals surface area contributed by atoms with Crippen molar-refractivity contribution in [3.05, 3.63) is 0 Å². The fourth-order valence-electron chi connectivity index (χ4n) is 2.85. The summed E-state index contributed by atoms with van der Waals surface area (Å²) < 4.78 is 11.8. The lowest BCUT2D eigenvalue weighted by Crippen LogP contribution is -2.44. The standard InChI is InChI=1S/C13H22N2O2/c1-3-15-8-5-11(6-9-15)13(2)16-10-12(17-13)4-7-14/h11-12H,3-6,8-10H2,1-2H3. The molecule has 2 unspecified atom stereocenters. The molecular formula is C13H22N2O2. The average molecular weight is 238 g/mol. The second-order valence-electron chi connectivity index (χ2n) is 5.14. The zero-order valence-corrected chi connectivity index (χ0v) is 10.8. The highest BCUT2D eigenvalue weighted by atomic mass is 16.7. The Morgan fingerprint density at radius 1 is 1.41 bits per heavy atom. The first-order valence-electron chi connectivity index (χ1n) is 6.59. The van der Waals surface area contributed by atoms with Gasteiger partial charge >= 0.3 is 0 Å². The number of ether oxygens (including phenoxy) is 2. The summed E-state index contributed by atoms with van der Waals surface area (Å²) in [6.45, 7) is 8.20. The van der Waals surface area contributed by atoms with Crippen molar-refractivity contribution in [2.75, 3.05) is 26.2 Å². The van der Waals surface area contributed by atoms with Gasteiger partial charge in [0.25, 0.3) is 0 Å². The van der Waals surface area contributed by atoms with Crippen LogP contribution >= 0.6 is 0 Å². The summed E-state index contributed by atoms with van der Waals surface area (Å²) in [5, 5.41) is 8.68. The van der Waals surface area contributed by atoms with E-state index in [4.69, 9.17) is 14.7 Å². The van der Waals surface area contributed by atoms with Gasteiger partial charge in [-0.3, -0.25) is 0 Å². The molecule has 0 aromatic rings. The Bertz CT molecular complexity index is 294. The molecule has 4 heteroatoms. The minimum Gasteiger partial charge on any atom is -0.347 e. The van der Waals surface area contributed by atoms with Gasteiger partial charge in [-0.25, -0.2) is 0 Å². The average Bonchev–Trinajstić information content (AvgIpc) is 2.73. The molecule has 2 aliphatic rings. The molecule has 17 heavy (non-hydrogen) atoms. The molecule has 0 N–H and O–H groups in total. The van der Waals surface area contributed by atoms with E-state index in [0.717, 1.165) is 32.5 Å². The Kier molecular flexibility index (Phi) is 4.03. The number of nitrogens with zero attached hydrogens (tertiary/aromatic N) is 2. The topological polar surface area (TPSA) is 45.5 Å². The fraction of sp³-hybridized carbons (Fsp3) is 0.923. The summed E-state index contributed by atoms with van der Waals surface area (Å²) in [7, 11) is 0. The Labute approximate surface area is 103 Å². The summed E-state index contributed by atoms with van der Waals surface area (Å²) in [5.41, 5.74) is 0. The molecule has 4 nitrogen and oxygen atoms in total. The van der Waals surface area contributed by atoms with E-state index in [1.54, 1.807) is 0 Å². The summed E-state index contributed by atoms with van der Waals surface area (Å²) in [6.07, 6.45) is 2.66. The quantitative estimate of drug-likeness (QED) is 0.751. The van der Waals surface area contributed by atoms with Gasteiger partial charge in [-0.05, 0) is 39.4 Å². The Morgan fingerprint density at radius 3 is 2.71 bits per heavy atom. The van der Waals surface area contributed by atoms with Crippen LogP contribution < -0.4 is 0 Å². The zero-order chi connectivity index (χ0) is 12.3. The molecule has 2 fully saturated rings. The van der Waals surface area contributed by atoms with Crippen molar-refractivity contribution in [3.63, 3.8) is 0 Å². The zero-order valence-electron chi connectivity index (χ0n) is 10.8. The van der Waals surface area contributed by atoms with Crippen LogP contribution in [-0.4, -0.2) is 43.0 Å². The van der Waals surface area contributed by atoms with Crippen LogP contribution in [0.4, 0.5) is 0 Å². The van der Waals surface area contributed by atoms with E-state index in [9.17, 15) is 0 Å². The normalized spacial score (nSPS) is 35.9. The van der Waals surface area contributed by atoms with Crippen LogP contribution in [-0.2, 0) is 9.47 Å². The molecule has 0 saturated carbocycles. The summed E-state index contributed by atoms with van der Waals surface area (Å²) in [6, 6.07) is 2.15. The molecule has 0 radical (unpaired) electrons. The fourth-order valence-corrected chi connectivity index (χ4v) is 2.85. The first-order chi connectivity index (χ1) is 8.18. The lowest BCUT2D eigenvalue weighted by molar-refractivity contribution is -0.199. The number of hydrogen-bond acceptors (Lipinski definition) is 4. The van der Waals surface area contributed by atoms with Gasteiger partial charge in [0.2, 0.25) is 0 Å². The van der Waals surface area contributed by atoms with Gasteiger partial charge < -0.3 is 14.4 Å². The van der Waals surface area contributed by atoms with Crippen LogP contribution in [0.15, 0.2) is 0 Å². The maximum atomic E-state index is 8.68. The highest BCUT2D eigenvalue weighted by Gasteiger charge is 2.44. The van der Waals surface area contributed by atoms with Crippen LogP contribution in [0.25, 0.3) is 0 Å². The lowest BCUT2D eigenvalue weighted by Gasteiger charge is -2.39. The first kappa shape index (κ1) is 12.8. The van der Waals surface area contributed by atoms with E-state index in [1.165, 1.54) is 0 Å². The molecule has 2 saturated heterocycles. The van der Waals surface area contributed by atoms with E-state index >= 15 is 0 Å². The van der Waals surface area contributed by atoms with E-state index in [-0.39, 0.29) is 6.10 Å². The number of nitriles is 1. The molecule has 2 rings (SSSR count). The largest absolute Gasteiger partial charge is 0.347 e. The highest BCUT2D eigenvalue weighted by molar-refractivity contribution is 4.88. The maximum absolute atomic E-state index is 8.68. The third kappa shape index (κ3) is 2.79. The number of hydrogen-bond donors (Lipinski definition) is 0. The van der Waals surface area contributed by atoms with Crippen LogP contribution in [0, 0.1) is 17.2 Å². The number of likely N-dealkylation sites (tertiary alicyclic amines) is 1. The Morgan fingerprint density at radius 2 is 2.12 bits per heavy atom. The van der Waals surface area contributed by atoms with Crippen LogP contribution in [0.3, 0.4) is 0 Å². The molecule has 0 aromatic heterocycles. The van der Waals surface area contributed by atoms with Crippen molar-refractivity contribution in [2.45, 2.75) is 45.0 Å². The van der Waals surface area contributed by atoms with E-state index < -0.39 is 5.79 Å². The van der Waals surface area contributed by atoms with Gasteiger partial charge in [-0.1, -0.05) is 6.92 Å². The van der Waals surface area contributed by atoms with Gasteiger partial charge in [0.1, 0.15) is 0 Å². The van der Waals surface area contributed by atoms with Crippen molar-refractivity contribution in [3.8, 4) is 6.07 Å². The Hall–Kier alpha value is -0.630. The molecule has 2 atom stereocenters. The molecule has 0 aromatic carbocycles. The predicted octanol–water partition coefficient (Wildman–Crippen LogP) is 1.76. The molecule has 0 amide bonds. The summed E-state index contributed by atoms with van der Waals surface area (Å²) in [5.74, 6) is 0.00966. The van der Waals surface area contributed by atoms with Gasteiger partial charge in [0, 0.05) is 5.92 Å². The van der Waals surface area contributed by atoms with Crippen molar-refractivity contribution in [2.24, 2.45) is 5.92 Å². The van der Waals surface area contributed by atoms with Gasteiger partial charge in [-0.2, -0.15) is 5.26 Å². The van der Waals surface area contributed by atoms with Crippen molar-refractivity contribution in [1.82, 2.24) is 4.90 Å². The van der Waals surface area contributed by atoms with Crippen molar-refractivity contribution in [1.29, 1.82) is 5.26 Å². The highest BCUT2D eigenvalue weighted by Crippen LogP contribution is 2.37. The molecule has 0 bridgehead atoms. The van der Waals surface area contributed by atoms with Gasteiger partial charge in [-0.15, -0.1) is 0 Å². The second-order valence-corrected chi connectivity index (χ2v) is 5.14. The smallest absolute Gasteiger partial charge is 0.169 e. The molecule has 2 aliphatic heterocycles. The number of rotatable bonds is 3.